The summed E-state index contributed by atoms with van der Waals surface area (Å²) in [5, 5.41) is 0.672. The summed E-state index contributed by atoms with van der Waals surface area (Å²) in [4.78, 5) is 17.0. The number of alkyl halides is 1. The normalized spacial score (nSPS) is 11.4. The zero-order valence-electron chi connectivity index (χ0n) is 12.1. The average molecular weight is 293 g/mol. The quantitative estimate of drug-likeness (QED) is 0.596. The number of aromatic nitrogens is 2. The van der Waals surface area contributed by atoms with Crippen molar-refractivity contribution in [2.75, 3.05) is 0 Å². The Kier molecular flexibility index (Phi) is 5.18. The molecule has 0 aliphatic heterocycles. The molecule has 4 heteroatoms. The molecule has 0 aliphatic rings. The lowest BCUT2D eigenvalue weighted by Gasteiger charge is -2.12. The van der Waals surface area contributed by atoms with Crippen molar-refractivity contribution in [3.8, 4) is 0 Å². The highest BCUT2D eigenvalue weighted by Gasteiger charge is 2.09. The first kappa shape index (κ1) is 15.0. The maximum absolute atomic E-state index is 12.5. The van der Waals surface area contributed by atoms with Gasteiger partial charge in [0.05, 0.1) is 16.8 Å². The molecular weight excluding hydrogens is 272 g/mol. The Morgan fingerprint density at radius 3 is 2.70 bits per heavy atom. The minimum absolute atomic E-state index is 0.0239. The highest BCUT2D eigenvalue weighted by Crippen LogP contribution is 2.12. The standard InChI is InChI=1S/C16H21ClN2O/c1-12(2)7-5-6-10-19-15(11-17)18-14-9-4-3-8-13(14)16(19)20/h3-4,8-9,12H,5-7,10-11H2,1-2H3. The average Bonchev–Trinajstić information content (AvgIpc) is 2.45. The van der Waals surface area contributed by atoms with Crippen molar-refractivity contribution in [3.05, 3.63) is 40.4 Å². The van der Waals surface area contributed by atoms with E-state index >= 15 is 0 Å². The van der Waals surface area contributed by atoms with Crippen molar-refractivity contribution in [1.29, 1.82) is 0 Å². The third-order valence-corrected chi connectivity index (χ3v) is 3.71. The molecular formula is C16H21ClN2O. The van der Waals surface area contributed by atoms with Gasteiger partial charge in [-0.25, -0.2) is 4.98 Å². The highest BCUT2D eigenvalue weighted by molar-refractivity contribution is 6.16. The predicted molar refractivity (Wildman–Crippen MR) is 84.2 cm³/mol. The van der Waals surface area contributed by atoms with Crippen LogP contribution < -0.4 is 5.56 Å². The van der Waals surface area contributed by atoms with Crippen LogP contribution in [0.3, 0.4) is 0 Å². The van der Waals surface area contributed by atoms with Crippen molar-refractivity contribution in [1.82, 2.24) is 9.55 Å². The molecule has 0 atom stereocenters. The third-order valence-electron chi connectivity index (χ3n) is 3.47. The molecule has 2 aromatic rings. The van der Waals surface area contributed by atoms with Gasteiger partial charge in [0, 0.05) is 6.54 Å². The number of halogens is 1. The van der Waals surface area contributed by atoms with E-state index in [1.807, 2.05) is 24.3 Å². The molecule has 1 aromatic heterocycles. The zero-order valence-corrected chi connectivity index (χ0v) is 12.9. The number of benzene rings is 1. The maximum Gasteiger partial charge on any atom is 0.261 e. The fraction of sp³-hybridized carbons (Fsp3) is 0.500. The first-order chi connectivity index (χ1) is 9.63. The topological polar surface area (TPSA) is 34.9 Å². The molecule has 0 bridgehead atoms. The maximum atomic E-state index is 12.5. The highest BCUT2D eigenvalue weighted by atomic mass is 35.5. The number of nitrogens with zero attached hydrogens (tertiary/aromatic N) is 2. The van der Waals surface area contributed by atoms with Crippen molar-refractivity contribution < 1.29 is 0 Å². The van der Waals surface area contributed by atoms with Gasteiger partial charge in [-0.1, -0.05) is 38.8 Å². The van der Waals surface area contributed by atoms with E-state index in [0.29, 0.717) is 23.7 Å². The van der Waals surface area contributed by atoms with Crippen molar-refractivity contribution >= 4 is 22.5 Å². The van der Waals surface area contributed by atoms with Crippen LogP contribution in [0, 0.1) is 5.92 Å². The molecule has 108 valence electrons. The van der Waals surface area contributed by atoms with Crippen molar-refractivity contribution in [2.24, 2.45) is 5.92 Å². The lowest BCUT2D eigenvalue weighted by atomic mass is 10.1. The molecule has 0 saturated heterocycles. The molecule has 0 N–H and O–H groups in total. The number of unbranched alkanes of at least 4 members (excludes halogenated alkanes) is 1. The number of para-hydroxylation sites is 1. The summed E-state index contributed by atoms with van der Waals surface area (Å²) in [6.07, 6.45) is 3.30. The molecule has 0 amide bonds. The SMILES string of the molecule is CC(C)CCCCn1c(CCl)nc2ccccc2c1=O. The summed E-state index contributed by atoms with van der Waals surface area (Å²) in [5.41, 5.74) is 0.752. The van der Waals surface area contributed by atoms with Gasteiger partial charge in [-0.15, -0.1) is 11.6 Å². The minimum Gasteiger partial charge on any atom is -0.295 e. The second-order valence-corrected chi connectivity index (χ2v) is 5.79. The molecule has 0 radical (unpaired) electrons. The van der Waals surface area contributed by atoms with Gasteiger partial charge in [-0.05, 0) is 24.5 Å². The van der Waals surface area contributed by atoms with E-state index in [4.69, 9.17) is 11.6 Å². The van der Waals surface area contributed by atoms with Crippen molar-refractivity contribution in [3.63, 3.8) is 0 Å². The molecule has 0 saturated carbocycles. The minimum atomic E-state index is 0.0239. The van der Waals surface area contributed by atoms with Crippen LogP contribution in [0.2, 0.25) is 0 Å². The van der Waals surface area contributed by atoms with E-state index in [1.165, 1.54) is 6.42 Å². The number of fused-ring (bicyclic) bond motifs is 1. The van der Waals surface area contributed by atoms with E-state index in [0.717, 1.165) is 18.4 Å². The second kappa shape index (κ2) is 6.89. The fourth-order valence-electron chi connectivity index (χ4n) is 2.37. The Labute approximate surface area is 124 Å². The van der Waals surface area contributed by atoms with E-state index in [9.17, 15) is 4.79 Å². The van der Waals surface area contributed by atoms with Gasteiger partial charge in [0.25, 0.3) is 5.56 Å². The Morgan fingerprint density at radius 2 is 2.00 bits per heavy atom. The van der Waals surface area contributed by atoms with Crippen molar-refractivity contribution in [2.45, 2.75) is 45.5 Å². The van der Waals surface area contributed by atoms with E-state index < -0.39 is 0 Å². The summed E-state index contributed by atoms with van der Waals surface area (Å²) < 4.78 is 1.73. The molecule has 0 spiro atoms. The number of rotatable bonds is 6. The van der Waals surface area contributed by atoms with Gasteiger partial charge in [0.1, 0.15) is 5.82 Å². The Balaban J connectivity index is 2.27. The summed E-state index contributed by atoms with van der Waals surface area (Å²) in [6, 6.07) is 7.44. The van der Waals surface area contributed by atoms with Crippen LogP contribution >= 0.6 is 11.6 Å². The summed E-state index contributed by atoms with van der Waals surface area (Å²) >= 11 is 5.95. The molecule has 1 aromatic carbocycles. The lowest BCUT2D eigenvalue weighted by molar-refractivity contribution is 0.498. The van der Waals surface area contributed by atoms with Crippen LogP contribution in [0.15, 0.2) is 29.1 Å². The summed E-state index contributed by atoms with van der Waals surface area (Å²) in [5.74, 6) is 1.64. The fourth-order valence-corrected chi connectivity index (χ4v) is 2.57. The van der Waals surface area contributed by atoms with Crippen LogP contribution in [0.25, 0.3) is 10.9 Å². The first-order valence-corrected chi connectivity index (χ1v) is 7.71. The molecule has 0 fully saturated rings. The molecule has 1 heterocycles. The number of hydrogen-bond acceptors (Lipinski definition) is 2. The monoisotopic (exact) mass is 292 g/mol. The lowest BCUT2D eigenvalue weighted by Crippen LogP contribution is -2.25. The molecule has 3 nitrogen and oxygen atoms in total. The number of hydrogen-bond donors (Lipinski definition) is 0. The smallest absolute Gasteiger partial charge is 0.261 e. The second-order valence-electron chi connectivity index (χ2n) is 5.53. The Morgan fingerprint density at radius 1 is 1.25 bits per heavy atom. The molecule has 2 rings (SSSR count). The molecule has 20 heavy (non-hydrogen) atoms. The summed E-state index contributed by atoms with van der Waals surface area (Å²) in [7, 11) is 0. The largest absolute Gasteiger partial charge is 0.295 e. The van der Waals surface area contributed by atoms with Gasteiger partial charge >= 0.3 is 0 Å². The van der Waals surface area contributed by atoms with Gasteiger partial charge in [-0.2, -0.15) is 0 Å². The van der Waals surface area contributed by atoms with Crippen LogP contribution in [0.4, 0.5) is 0 Å². The van der Waals surface area contributed by atoms with Gasteiger partial charge in [0.15, 0.2) is 0 Å². The Hall–Kier alpha value is -1.35. The van der Waals surface area contributed by atoms with Crippen LogP contribution in [0.1, 0.15) is 38.9 Å². The van der Waals surface area contributed by atoms with E-state index in [2.05, 4.69) is 18.8 Å². The van der Waals surface area contributed by atoms with Gasteiger partial charge < -0.3 is 0 Å². The summed E-state index contributed by atoms with van der Waals surface area (Å²) in [6.45, 7) is 5.13. The van der Waals surface area contributed by atoms with Crippen LogP contribution in [0.5, 0.6) is 0 Å². The Bertz CT molecular complexity index is 634. The van der Waals surface area contributed by atoms with E-state index in [-0.39, 0.29) is 11.4 Å². The zero-order chi connectivity index (χ0) is 14.5. The van der Waals surface area contributed by atoms with Gasteiger partial charge in [-0.3, -0.25) is 9.36 Å². The molecule has 0 aliphatic carbocycles. The van der Waals surface area contributed by atoms with E-state index in [1.54, 1.807) is 4.57 Å². The molecule has 0 unspecified atom stereocenters. The first-order valence-electron chi connectivity index (χ1n) is 7.18. The van der Waals surface area contributed by atoms with Crippen LogP contribution in [-0.2, 0) is 12.4 Å². The third kappa shape index (κ3) is 3.40. The van der Waals surface area contributed by atoms with Gasteiger partial charge in [0.2, 0.25) is 0 Å². The van der Waals surface area contributed by atoms with Crippen LogP contribution in [-0.4, -0.2) is 9.55 Å². The predicted octanol–water partition coefficient (Wildman–Crippen LogP) is 3.96.